The van der Waals surface area contributed by atoms with E-state index in [1.54, 1.807) is 11.3 Å². The number of carboxylic acid groups (broad SMARTS) is 1. The molecule has 0 bridgehead atoms. The van der Waals surface area contributed by atoms with Crippen molar-refractivity contribution < 1.29 is 9.90 Å². The van der Waals surface area contributed by atoms with Crippen LogP contribution in [0.25, 0.3) is 10.6 Å². The first kappa shape index (κ1) is 14.2. The Bertz CT molecular complexity index is 612. The van der Waals surface area contributed by atoms with Gasteiger partial charge in [-0.3, -0.25) is 9.69 Å². The van der Waals surface area contributed by atoms with E-state index < -0.39 is 5.97 Å². The molecule has 1 saturated heterocycles. The molecule has 2 aromatic rings. The molecule has 0 radical (unpaired) electrons. The number of rotatable bonds is 5. The summed E-state index contributed by atoms with van der Waals surface area (Å²) >= 11 is 1.65. The zero-order valence-corrected chi connectivity index (χ0v) is 12.6. The summed E-state index contributed by atoms with van der Waals surface area (Å²) in [5.74, 6) is -0.713. The minimum Gasteiger partial charge on any atom is -0.481 e. The van der Waals surface area contributed by atoms with Gasteiger partial charge in [0.15, 0.2) is 0 Å². The van der Waals surface area contributed by atoms with Crippen LogP contribution in [0.4, 0.5) is 0 Å². The number of benzene rings is 1. The Hall–Kier alpha value is -1.72. The molecule has 110 valence electrons. The predicted octanol–water partition coefficient (Wildman–Crippen LogP) is 3.25. The zero-order valence-electron chi connectivity index (χ0n) is 11.7. The highest BCUT2D eigenvalue weighted by molar-refractivity contribution is 7.13. The van der Waals surface area contributed by atoms with E-state index in [0.29, 0.717) is 0 Å². The van der Waals surface area contributed by atoms with Gasteiger partial charge in [-0.15, -0.1) is 11.3 Å². The van der Waals surface area contributed by atoms with Gasteiger partial charge in [0.1, 0.15) is 5.01 Å². The average molecular weight is 302 g/mol. The van der Waals surface area contributed by atoms with E-state index in [9.17, 15) is 4.79 Å². The Kier molecular flexibility index (Phi) is 4.31. The van der Waals surface area contributed by atoms with Crippen LogP contribution in [0.1, 0.15) is 25.0 Å². The van der Waals surface area contributed by atoms with Gasteiger partial charge < -0.3 is 5.11 Å². The molecular weight excluding hydrogens is 284 g/mol. The van der Waals surface area contributed by atoms with E-state index in [1.807, 2.05) is 18.2 Å². The SMILES string of the molecule is O=C(O)CC1CCCN1Cc1csc(-c2ccccc2)n1. The highest BCUT2D eigenvalue weighted by atomic mass is 32.1. The smallest absolute Gasteiger partial charge is 0.304 e. The fourth-order valence-electron chi connectivity index (χ4n) is 2.84. The normalized spacial score (nSPS) is 19.0. The lowest BCUT2D eigenvalue weighted by molar-refractivity contribution is -0.138. The van der Waals surface area contributed by atoms with Crippen molar-refractivity contribution in [3.05, 3.63) is 41.4 Å². The van der Waals surface area contributed by atoms with Gasteiger partial charge in [-0.25, -0.2) is 4.98 Å². The van der Waals surface area contributed by atoms with Crippen molar-refractivity contribution in [1.82, 2.24) is 9.88 Å². The van der Waals surface area contributed by atoms with Crippen LogP contribution in [0.2, 0.25) is 0 Å². The Morgan fingerprint density at radius 3 is 2.95 bits per heavy atom. The summed E-state index contributed by atoms with van der Waals surface area (Å²) in [6.07, 6.45) is 2.28. The standard InChI is InChI=1S/C16H18N2O2S/c19-15(20)9-14-7-4-8-18(14)10-13-11-21-16(17-13)12-5-2-1-3-6-12/h1-3,5-6,11,14H,4,7-10H2,(H,19,20). The molecule has 1 atom stereocenters. The number of likely N-dealkylation sites (tertiary alicyclic amines) is 1. The van der Waals surface area contributed by atoms with E-state index in [2.05, 4.69) is 27.4 Å². The van der Waals surface area contributed by atoms with E-state index in [1.165, 1.54) is 0 Å². The van der Waals surface area contributed by atoms with Gasteiger partial charge in [0.05, 0.1) is 12.1 Å². The van der Waals surface area contributed by atoms with Crippen molar-refractivity contribution >= 4 is 17.3 Å². The van der Waals surface area contributed by atoms with Crippen LogP contribution in [-0.2, 0) is 11.3 Å². The second kappa shape index (κ2) is 6.37. The number of hydrogen-bond acceptors (Lipinski definition) is 4. The molecule has 0 aliphatic carbocycles. The molecule has 1 unspecified atom stereocenters. The monoisotopic (exact) mass is 302 g/mol. The first-order chi connectivity index (χ1) is 10.2. The fourth-order valence-corrected chi connectivity index (χ4v) is 3.65. The van der Waals surface area contributed by atoms with Crippen molar-refractivity contribution in [2.24, 2.45) is 0 Å². The molecule has 1 aliphatic heterocycles. The average Bonchev–Trinajstić information content (AvgIpc) is 3.10. The van der Waals surface area contributed by atoms with Gasteiger partial charge in [-0.2, -0.15) is 0 Å². The quantitative estimate of drug-likeness (QED) is 0.921. The summed E-state index contributed by atoms with van der Waals surface area (Å²) in [7, 11) is 0. The Morgan fingerprint density at radius 1 is 1.38 bits per heavy atom. The molecule has 0 spiro atoms. The van der Waals surface area contributed by atoms with Gasteiger partial charge in [0.25, 0.3) is 0 Å². The van der Waals surface area contributed by atoms with Crippen LogP contribution < -0.4 is 0 Å². The Balaban J connectivity index is 1.68. The van der Waals surface area contributed by atoms with Gasteiger partial charge in [0, 0.05) is 23.5 Å². The lowest BCUT2D eigenvalue weighted by Gasteiger charge is -2.21. The minimum absolute atomic E-state index is 0.157. The number of thiazole rings is 1. The molecule has 1 N–H and O–H groups in total. The lowest BCUT2D eigenvalue weighted by Crippen LogP contribution is -2.30. The van der Waals surface area contributed by atoms with Crippen LogP contribution in [0.3, 0.4) is 0 Å². The Morgan fingerprint density at radius 2 is 2.19 bits per heavy atom. The second-order valence-corrected chi connectivity index (χ2v) is 6.23. The number of aromatic nitrogens is 1. The highest BCUT2D eigenvalue weighted by Gasteiger charge is 2.27. The van der Waals surface area contributed by atoms with Gasteiger partial charge in [-0.1, -0.05) is 30.3 Å². The molecule has 5 heteroatoms. The highest BCUT2D eigenvalue weighted by Crippen LogP contribution is 2.26. The number of hydrogen-bond donors (Lipinski definition) is 1. The van der Waals surface area contributed by atoms with E-state index >= 15 is 0 Å². The van der Waals surface area contributed by atoms with Crippen molar-refractivity contribution in [2.45, 2.75) is 31.8 Å². The third kappa shape index (κ3) is 3.49. The van der Waals surface area contributed by atoms with E-state index in [-0.39, 0.29) is 12.5 Å². The molecule has 3 rings (SSSR count). The van der Waals surface area contributed by atoms with Crippen LogP contribution in [0, 0.1) is 0 Å². The first-order valence-corrected chi connectivity index (χ1v) is 8.06. The molecule has 0 amide bonds. The molecule has 1 fully saturated rings. The van der Waals surface area contributed by atoms with Gasteiger partial charge in [0.2, 0.25) is 0 Å². The summed E-state index contributed by atoms with van der Waals surface area (Å²) in [4.78, 5) is 17.8. The van der Waals surface area contributed by atoms with E-state index in [0.717, 1.165) is 42.2 Å². The van der Waals surface area contributed by atoms with Crippen molar-refractivity contribution in [2.75, 3.05) is 6.54 Å². The molecule has 1 aliphatic rings. The van der Waals surface area contributed by atoms with Crippen LogP contribution in [-0.4, -0.2) is 33.5 Å². The zero-order chi connectivity index (χ0) is 14.7. The summed E-state index contributed by atoms with van der Waals surface area (Å²) in [5.41, 5.74) is 2.17. The number of carboxylic acids is 1. The van der Waals surface area contributed by atoms with Crippen molar-refractivity contribution in [1.29, 1.82) is 0 Å². The van der Waals surface area contributed by atoms with Crippen LogP contribution in [0.5, 0.6) is 0 Å². The molecule has 1 aromatic heterocycles. The molecule has 1 aromatic carbocycles. The summed E-state index contributed by atoms with van der Waals surface area (Å²) < 4.78 is 0. The second-order valence-electron chi connectivity index (χ2n) is 5.37. The molecule has 0 saturated carbocycles. The number of aliphatic carboxylic acids is 1. The summed E-state index contributed by atoms with van der Waals surface area (Å²) in [5, 5.41) is 12.1. The maximum absolute atomic E-state index is 10.9. The maximum atomic E-state index is 10.9. The molecular formula is C16H18N2O2S. The van der Waals surface area contributed by atoms with Crippen LogP contribution >= 0.6 is 11.3 Å². The lowest BCUT2D eigenvalue weighted by atomic mass is 10.1. The van der Waals surface area contributed by atoms with Crippen LogP contribution in [0.15, 0.2) is 35.7 Å². The Labute approximate surface area is 128 Å². The van der Waals surface area contributed by atoms with Gasteiger partial charge in [-0.05, 0) is 19.4 Å². The topological polar surface area (TPSA) is 53.4 Å². The molecule has 21 heavy (non-hydrogen) atoms. The first-order valence-electron chi connectivity index (χ1n) is 7.18. The maximum Gasteiger partial charge on any atom is 0.304 e. The largest absolute Gasteiger partial charge is 0.481 e. The third-order valence-corrected chi connectivity index (χ3v) is 4.79. The van der Waals surface area contributed by atoms with Gasteiger partial charge >= 0.3 is 5.97 Å². The molecule has 4 nitrogen and oxygen atoms in total. The molecule has 2 heterocycles. The van der Waals surface area contributed by atoms with Crippen molar-refractivity contribution in [3.63, 3.8) is 0 Å². The number of carbonyl (C=O) groups is 1. The number of nitrogens with zero attached hydrogens (tertiary/aromatic N) is 2. The minimum atomic E-state index is -0.713. The summed E-state index contributed by atoms with van der Waals surface area (Å²) in [6, 6.07) is 10.3. The van der Waals surface area contributed by atoms with Crippen molar-refractivity contribution in [3.8, 4) is 10.6 Å². The fraction of sp³-hybridized carbons (Fsp3) is 0.375. The van der Waals surface area contributed by atoms with E-state index in [4.69, 9.17) is 5.11 Å². The third-order valence-electron chi connectivity index (χ3n) is 3.85. The summed E-state index contributed by atoms with van der Waals surface area (Å²) in [6.45, 7) is 1.72. The predicted molar refractivity (Wildman–Crippen MR) is 83.2 cm³/mol.